The lowest BCUT2D eigenvalue weighted by molar-refractivity contribution is -0.160. The summed E-state index contributed by atoms with van der Waals surface area (Å²) in [4.78, 5) is 50.3. The summed E-state index contributed by atoms with van der Waals surface area (Å²) in [7, 11) is 0. The number of hydrogen-bond acceptors (Lipinski definition) is 4. The molecule has 0 aromatic heterocycles. The number of likely N-dealkylation sites (tertiary alicyclic amines) is 1. The number of nitrogens with one attached hydrogen (secondary N) is 3. The molecule has 0 spiro atoms. The number of carbonyl (C=O) groups excluding carboxylic acids is 4. The van der Waals surface area contributed by atoms with Gasteiger partial charge < -0.3 is 20.9 Å². The van der Waals surface area contributed by atoms with Crippen LogP contribution in [0.3, 0.4) is 0 Å². The van der Waals surface area contributed by atoms with Gasteiger partial charge in [0, 0.05) is 12.1 Å². The fraction of sp³-hybridized carbons (Fsp3) is 0.267. The van der Waals surface area contributed by atoms with Crippen LogP contribution in [0.5, 0.6) is 0 Å². The number of amides is 4. The fourth-order valence-corrected chi connectivity index (χ4v) is 4.73. The second kappa shape index (κ2) is 10.8. The molecule has 1 aliphatic carbocycles. The lowest BCUT2D eigenvalue weighted by atomic mass is 9.96. The molecule has 2 fully saturated rings. The highest BCUT2D eigenvalue weighted by Crippen LogP contribution is 2.48. The summed E-state index contributed by atoms with van der Waals surface area (Å²) < 4.78 is 25.7. The van der Waals surface area contributed by atoms with Crippen molar-refractivity contribution in [3.8, 4) is 11.8 Å². The molecule has 8 nitrogen and oxygen atoms in total. The summed E-state index contributed by atoms with van der Waals surface area (Å²) in [5.74, 6) is -1.36. The van der Waals surface area contributed by atoms with Crippen molar-refractivity contribution >= 4 is 34.4 Å². The van der Waals surface area contributed by atoms with Crippen molar-refractivity contribution < 1.29 is 28.0 Å². The molecule has 5 rings (SSSR count). The van der Waals surface area contributed by atoms with Crippen molar-refractivity contribution in [2.24, 2.45) is 0 Å². The van der Waals surface area contributed by atoms with Crippen LogP contribution in [-0.4, -0.2) is 54.1 Å². The van der Waals surface area contributed by atoms with Crippen LogP contribution in [0.2, 0.25) is 0 Å². The van der Waals surface area contributed by atoms with E-state index in [0.29, 0.717) is 11.1 Å². The Labute approximate surface area is 229 Å². The van der Waals surface area contributed by atoms with Gasteiger partial charge in [0.25, 0.3) is 17.7 Å². The summed E-state index contributed by atoms with van der Waals surface area (Å²) in [6, 6.07) is 20.9. The first-order chi connectivity index (χ1) is 19.2. The average molecular weight is 545 g/mol. The van der Waals surface area contributed by atoms with Gasteiger partial charge in [-0.1, -0.05) is 66.6 Å². The predicted molar refractivity (Wildman–Crippen MR) is 143 cm³/mol. The van der Waals surface area contributed by atoms with Crippen molar-refractivity contribution in [3.05, 3.63) is 83.4 Å². The first kappa shape index (κ1) is 26.8. The van der Waals surface area contributed by atoms with Gasteiger partial charge in [-0.25, -0.2) is 8.78 Å². The summed E-state index contributed by atoms with van der Waals surface area (Å²) in [5, 5.41) is 10.1. The van der Waals surface area contributed by atoms with E-state index in [0.717, 1.165) is 34.1 Å². The molecule has 40 heavy (non-hydrogen) atoms. The molecule has 4 amide bonds. The Morgan fingerprint density at radius 3 is 2.27 bits per heavy atom. The molecule has 3 aromatic carbocycles. The van der Waals surface area contributed by atoms with Crippen molar-refractivity contribution in [1.82, 2.24) is 20.9 Å². The summed E-state index contributed by atoms with van der Waals surface area (Å²) in [6.45, 7) is -1.74. The monoisotopic (exact) mass is 544 g/mol. The Morgan fingerprint density at radius 1 is 0.850 bits per heavy atom. The number of nitrogens with zero attached hydrogens (tertiary/aromatic N) is 1. The number of halogens is 2. The molecule has 0 bridgehead atoms. The highest BCUT2D eigenvalue weighted by molar-refractivity contribution is 6.35. The van der Waals surface area contributed by atoms with Crippen molar-refractivity contribution in [1.29, 1.82) is 0 Å². The number of fused-ring (bicyclic) bond motifs is 1. The molecule has 3 aromatic rings. The zero-order chi connectivity index (χ0) is 28.3. The van der Waals surface area contributed by atoms with E-state index in [2.05, 4.69) is 27.8 Å². The van der Waals surface area contributed by atoms with Gasteiger partial charge in [-0.15, -0.1) is 0 Å². The molecule has 2 aliphatic rings. The second-order valence-corrected chi connectivity index (χ2v) is 9.90. The third kappa shape index (κ3) is 5.78. The van der Waals surface area contributed by atoms with E-state index in [-0.39, 0.29) is 19.0 Å². The van der Waals surface area contributed by atoms with Gasteiger partial charge >= 0.3 is 11.8 Å². The Balaban J connectivity index is 1.16. The van der Waals surface area contributed by atoms with Crippen LogP contribution < -0.4 is 16.0 Å². The Morgan fingerprint density at radius 2 is 1.52 bits per heavy atom. The minimum Gasteiger partial charge on any atom is -0.344 e. The highest BCUT2D eigenvalue weighted by Gasteiger charge is 2.47. The molecule has 0 unspecified atom stereocenters. The maximum Gasteiger partial charge on any atom is 0.310 e. The number of carbonyl (C=O) groups is 4. The number of hydrogen-bond donors (Lipinski definition) is 3. The molecular weight excluding hydrogens is 518 g/mol. The standard InChI is InChI=1S/C30H26F2N4O4/c31-30(32)18-36(19-30)25(37)13-6-16-33-27(39)28(40)34-17-21-8-2-4-11-23(21)26(38)35-29(14-15-29)24-12-5-9-20-7-1-3-10-22(20)24/h1-5,7-12H,14-19H2,(H,33,39)(H,34,40)(H,35,38). The third-order valence-electron chi connectivity index (χ3n) is 6.98. The minimum atomic E-state index is -2.89. The molecule has 1 aliphatic heterocycles. The molecule has 1 heterocycles. The van der Waals surface area contributed by atoms with E-state index in [1.807, 2.05) is 42.5 Å². The molecule has 1 saturated heterocycles. The SMILES string of the molecule is O=C(NCC#CC(=O)N1CC(F)(F)C1)C(=O)NCc1ccccc1C(=O)NC1(c2cccc3ccccc23)CC1. The Hall–Kier alpha value is -4.78. The van der Waals surface area contributed by atoms with E-state index in [1.165, 1.54) is 0 Å². The van der Waals surface area contributed by atoms with Gasteiger partial charge in [0.1, 0.15) is 0 Å². The maximum atomic E-state index is 13.4. The highest BCUT2D eigenvalue weighted by atomic mass is 19.3. The largest absolute Gasteiger partial charge is 0.344 e. The maximum absolute atomic E-state index is 13.4. The van der Waals surface area contributed by atoms with E-state index < -0.39 is 42.3 Å². The van der Waals surface area contributed by atoms with E-state index in [1.54, 1.807) is 24.3 Å². The zero-order valence-corrected chi connectivity index (χ0v) is 21.4. The van der Waals surface area contributed by atoms with Crippen LogP contribution >= 0.6 is 0 Å². The van der Waals surface area contributed by atoms with E-state index in [9.17, 15) is 28.0 Å². The summed E-state index contributed by atoms with van der Waals surface area (Å²) in [6.07, 6.45) is 1.62. The number of rotatable bonds is 6. The minimum absolute atomic E-state index is 0.0650. The first-order valence-electron chi connectivity index (χ1n) is 12.8. The molecule has 3 N–H and O–H groups in total. The lowest BCUT2D eigenvalue weighted by Crippen LogP contribution is -2.58. The van der Waals surface area contributed by atoms with Crippen LogP contribution in [0.15, 0.2) is 66.7 Å². The van der Waals surface area contributed by atoms with Crippen LogP contribution in [-0.2, 0) is 26.5 Å². The van der Waals surface area contributed by atoms with Crippen LogP contribution in [0.1, 0.15) is 34.3 Å². The Bertz CT molecular complexity index is 1560. The molecule has 0 radical (unpaired) electrons. The van der Waals surface area contributed by atoms with Gasteiger partial charge in [0.2, 0.25) is 0 Å². The van der Waals surface area contributed by atoms with Crippen LogP contribution in [0.25, 0.3) is 10.8 Å². The van der Waals surface area contributed by atoms with Gasteiger partial charge in [0.15, 0.2) is 0 Å². The molecular formula is C30H26F2N4O4. The van der Waals surface area contributed by atoms with E-state index in [4.69, 9.17) is 0 Å². The normalized spacial score (nSPS) is 16.1. The molecule has 0 atom stereocenters. The first-order valence-corrected chi connectivity index (χ1v) is 12.8. The topological polar surface area (TPSA) is 108 Å². The average Bonchev–Trinajstić information content (AvgIpc) is 3.72. The fourth-order valence-electron chi connectivity index (χ4n) is 4.73. The zero-order valence-electron chi connectivity index (χ0n) is 21.4. The smallest absolute Gasteiger partial charge is 0.310 e. The molecule has 10 heteroatoms. The molecule has 204 valence electrons. The number of alkyl halides is 2. The second-order valence-electron chi connectivity index (χ2n) is 9.90. The van der Waals surface area contributed by atoms with Crippen molar-refractivity contribution in [2.75, 3.05) is 19.6 Å². The van der Waals surface area contributed by atoms with Crippen LogP contribution in [0, 0.1) is 11.8 Å². The van der Waals surface area contributed by atoms with Crippen LogP contribution in [0.4, 0.5) is 8.78 Å². The summed E-state index contributed by atoms with van der Waals surface area (Å²) in [5.41, 5.74) is 1.52. The quantitative estimate of drug-likeness (QED) is 0.327. The summed E-state index contributed by atoms with van der Waals surface area (Å²) >= 11 is 0. The van der Waals surface area contributed by atoms with Crippen molar-refractivity contribution in [2.45, 2.75) is 30.8 Å². The predicted octanol–water partition coefficient (Wildman–Crippen LogP) is 2.47. The molecule has 1 saturated carbocycles. The van der Waals surface area contributed by atoms with Gasteiger partial charge in [-0.2, -0.15) is 0 Å². The van der Waals surface area contributed by atoms with Gasteiger partial charge in [-0.3, -0.25) is 19.2 Å². The third-order valence-corrected chi connectivity index (χ3v) is 6.98. The van der Waals surface area contributed by atoms with E-state index >= 15 is 0 Å². The van der Waals surface area contributed by atoms with Gasteiger partial charge in [-0.05, 0) is 46.7 Å². The lowest BCUT2D eigenvalue weighted by Gasteiger charge is -2.37. The Kier molecular flexibility index (Phi) is 7.22. The van der Waals surface area contributed by atoms with Gasteiger partial charge in [0.05, 0.1) is 25.2 Å². The number of benzene rings is 3. The van der Waals surface area contributed by atoms with Crippen molar-refractivity contribution in [3.63, 3.8) is 0 Å².